The van der Waals surface area contributed by atoms with Gasteiger partial charge in [0, 0.05) is 17.6 Å². The predicted octanol–water partition coefficient (Wildman–Crippen LogP) is 4.33. The van der Waals surface area contributed by atoms with E-state index in [9.17, 15) is 9.18 Å². The molecule has 5 nitrogen and oxygen atoms in total. The van der Waals surface area contributed by atoms with Crippen LogP contribution in [0.15, 0.2) is 60.8 Å². The monoisotopic (exact) mass is 393 g/mol. The normalized spacial score (nSPS) is 20.3. The summed E-state index contributed by atoms with van der Waals surface area (Å²) >= 11 is 0. The van der Waals surface area contributed by atoms with Crippen LogP contribution in [0.4, 0.5) is 10.1 Å². The fourth-order valence-corrected chi connectivity index (χ4v) is 3.75. The number of benzene rings is 2. The van der Waals surface area contributed by atoms with Gasteiger partial charge >= 0.3 is 0 Å². The second kappa shape index (κ2) is 7.70. The minimum absolute atomic E-state index is 0.0787. The van der Waals surface area contributed by atoms with Gasteiger partial charge in [-0.2, -0.15) is 5.10 Å². The number of ether oxygens (including phenoxy) is 1. The highest BCUT2D eigenvalue weighted by molar-refractivity contribution is 5.96. The SMILES string of the molecule is CCn1cc(OCC2(c3ccccc3)CC2C(=O)Nc2ccc(F)cc2)c(C)n1. The molecule has 1 aliphatic carbocycles. The number of rotatable bonds is 7. The van der Waals surface area contributed by atoms with Gasteiger partial charge in [-0.1, -0.05) is 30.3 Å². The molecule has 0 bridgehead atoms. The van der Waals surface area contributed by atoms with Crippen LogP contribution in [0.2, 0.25) is 0 Å². The molecule has 1 heterocycles. The minimum Gasteiger partial charge on any atom is -0.489 e. The smallest absolute Gasteiger partial charge is 0.228 e. The van der Waals surface area contributed by atoms with Crippen molar-refractivity contribution in [2.24, 2.45) is 5.92 Å². The lowest BCUT2D eigenvalue weighted by Crippen LogP contribution is -2.26. The summed E-state index contributed by atoms with van der Waals surface area (Å²) in [6, 6.07) is 15.8. The number of amides is 1. The first-order chi connectivity index (χ1) is 14.0. The van der Waals surface area contributed by atoms with Crippen molar-refractivity contribution < 1.29 is 13.9 Å². The summed E-state index contributed by atoms with van der Waals surface area (Å²) in [7, 11) is 0. The fourth-order valence-electron chi connectivity index (χ4n) is 3.75. The lowest BCUT2D eigenvalue weighted by Gasteiger charge is -2.19. The number of nitrogens with zero attached hydrogens (tertiary/aromatic N) is 2. The van der Waals surface area contributed by atoms with Gasteiger partial charge in [0.05, 0.1) is 18.7 Å². The number of nitrogens with one attached hydrogen (secondary N) is 1. The lowest BCUT2D eigenvalue weighted by molar-refractivity contribution is -0.117. The molecule has 0 radical (unpaired) electrons. The zero-order valence-electron chi connectivity index (χ0n) is 16.6. The van der Waals surface area contributed by atoms with Crippen molar-refractivity contribution in [3.05, 3.63) is 77.9 Å². The summed E-state index contributed by atoms with van der Waals surface area (Å²) in [6.45, 7) is 5.12. The zero-order chi connectivity index (χ0) is 20.4. The number of carbonyl (C=O) groups is 1. The maximum atomic E-state index is 13.1. The molecule has 1 N–H and O–H groups in total. The standard InChI is InChI=1S/C23H24FN3O2/c1-3-27-14-21(16(2)26-27)29-15-23(17-7-5-4-6-8-17)13-20(23)22(28)25-19-11-9-18(24)10-12-19/h4-12,14,20H,3,13,15H2,1-2H3,(H,25,28). The first-order valence-electron chi connectivity index (χ1n) is 9.80. The van der Waals surface area contributed by atoms with Gasteiger partial charge in [-0.05, 0) is 50.1 Å². The third kappa shape index (κ3) is 3.88. The quantitative estimate of drug-likeness (QED) is 0.650. The van der Waals surface area contributed by atoms with Crippen molar-refractivity contribution >= 4 is 11.6 Å². The molecule has 0 saturated heterocycles. The van der Waals surface area contributed by atoms with Crippen LogP contribution in [-0.2, 0) is 16.8 Å². The predicted molar refractivity (Wildman–Crippen MR) is 109 cm³/mol. The summed E-state index contributed by atoms with van der Waals surface area (Å²) < 4.78 is 21.1. The molecule has 2 aromatic carbocycles. The first kappa shape index (κ1) is 19.2. The average molecular weight is 393 g/mol. The number of anilines is 1. The number of aryl methyl sites for hydroxylation is 2. The van der Waals surface area contributed by atoms with Gasteiger partial charge < -0.3 is 10.1 Å². The Balaban J connectivity index is 1.52. The molecule has 0 aliphatic heterocycles. The Morgan fingerprint density at radius 1 is 1.24 bits per heavy atom. The van der Waals surface area contributed by atoms with E-state index in [1.165, 1.54) is 12.1 Å². The highest BCUT2D eigenvalue weighted by atomic mass is 19.1. The lowest BCUT2D eigenvalue weighted by atomic mass is 9.93. The highest BCUT2D eigenvalue weighted by Gasteiger charge is 2.60. The van der Waals surface area contributed by atoms with E-state index in [4.69, 9.17) is 4.74 Å². The van der Waals surface area contributed by atoms with Gasteiger partial charge in [-0.25, -0.2) is 4.39 Å². The second-order valence-electron chi connectivity index (χ2n) is 7.50. The van der Waals surface area contributed by atoms with Gasteiger partial charge in [-0.15, -0.1) is 0 Å². The van der Waals surface area contributed by atoms with Gasteiger partial charge in [0.25, 0.3) is 0 Å². The summed E-state index contributed by atoms with van der Waals surface area (Å²) in [5, 5.41) is 7.32. The maximum absolute atomic E-state index is 13.1. The first-order valence-corrected chi connectivity index (χ1v) is 9.80. The van der Waals surface area contributed by atoms with Gasteiger partial charge in [0.15, 0.2) is 5.75 Å². The molecule has 1 fully saturated rings. The Morgan fingerprint density at radius 2 is 1.97 bits per heavy atom. The van der Waals surface area contributed by atoms with Crippen molar-refractivity contribution in [3.63, 3.8) is 0 Å². The van der Waals surface area contributed by atoms with Crippen molar-refractivity contribution in [2.45, 2.75) is 32.2 Å². The summed E-state index contributed by atoms with van der Waals surface area (Å²) in [5.41, 5.74) is 2.13. The van der Waals surface area contributed by atoms with Crippen LogP contribution in [-0.4, -0.2) is 22.3 Å². The van der Waals surface area contributed by atoms with Gasteiger partial charge in [-0.3, -0.25) is 9.48 Å². The molecule has 29 heavy (non-hydrogen) atoms. The van der Waals surface area contributed by atoms with Crippen molar-refractivity contribution in [1.82, 2.24) is 9.78 Å². The molecule has 6 heteroatoms. The summed E-state index contributed by atoms with van der Waals surface area (Å²) in [6.07, 6.45) is 2.59. The number of carbonyl (C=O) groups excluding carboxylic acids is 1. The molecule has 1 saturated carbocycles. The van der Waals surface area contributed by atoms with Crippen LogP contribution in [0.3, 0.4) is 0 Å². The van der Waals surface area contributed by atoms with Crippen molar-refractivity contribution in [3.8, 4) is 5.75 Å². The molecule has 1 amide bonds. The molecular formula is C23H24FN3O2. The molecule has 1 aromatic heterocycles. The molecular weight excluding hydrogens is 369 g/mol. The molecule has 0 spiro atoms. The number of halogens is 1. The molecule has 2 unspecified atom stereocenters. The Hall–Kier alpha value is -3.15. The van der Waals surface area contributed by atoms with E-state index in [1.54, 1.807) is 12.1 Å². The van der Waals surface area contributed by atoms with Crippen LogP contribution in [0, 0.1) is 18.7 Å². The molecule has 1 aliphatic rings. The highest BCUT2D eigenvalue weighted by Crippen LogP contribution is 2.55. The molecule has 4 rings (SSSR count). The molecule has 3 aromatic rings. The van der Waals surface area contributed by atoms with Crippen LogP contribution < -0.4 is 10.1 Å². The third-order valence-corrected chi connectivity index (χ3v) is 5.56. The van der Waals surface area contributed by atoms with Crippen LogP contribution in [0.25, 0.3) is 0 Å². The Labute approximate surface area is 169 Å². The van der Waals surface area contributed by atoms with Gasteiger partial charge in [0.2, 0.25) is 5.91 Å². The fraction of sp³-hybridized carbons (Fsp3) is 0.304. The van der Waals surface area contributed by atoms with Crippen molar-refractivity contribution in [2.75, 3.05) is 11.9 Å². The van der Waals surface area contributed by atoms with E-state index < -0.39 is 0 Å². The average Bonchev–Trinajstić information content (AvgIpc) is 3.38. The van der Waals surface area contributed by atoms with E-state index >= 15 is 0 Å². The van der Waals surface area contributed by atoms with E-state index in [1.807, 2.05) is 55.1 Å². The zero-order valence-corrected chi connectivity index (χ0v) is 16.6. The van der Waals surface area contributed by atoms with Crippen molar-refractivity contribution in [1.29, 1.82) is 0 Å². The maximum Gasteiger partial charge on any atom is 0.228 e. The van der Waals surface area contributed by atoms with Crippen LogP contribution in [0.1, 0.15) is 24.6 Å². The number of hydrogen-bond acceptors (Lipinski definition) is 3. The van der Waals surface area contributed by atoms with E-state index in [-0.39, 0.29) is 23.1 Å². The van der Waals surface area contributed by atoms with E-state index in [0.717, 1.165) is 23.6 Å². The Morgan fingerprint density at radius 3 is 2.62 bits per heavy atom. The van der Waals surface area contributed by atoms with E-state index in [0.29, 0.717) is 18.7 Å². The molecule has 150 valence electrons. The topological polar surface area (TPSA) is 56.1 Å². The Bertz CT molecular complexity index is 1000. The van der Waals surface area contributed by atoms with Gasteiger partial charge in [0.1, 0.15) is 11.5 Å². The minimum atomic E-state index is -0.383. The largest absolute Gasteiger partial charge is 0.489 e. The summed E-state index contributed by atoms with van der Waals surface area (Å²) in [4.78, 5) is 12.9. The van der Waals surface area contributed by atoms with Crippen LogP contribution >= 0.6 is 0 Å². The third-order valence-electron chi connectivity index (χ3n) is 5.56. The Kier molecular flexibility index (Phi) is 5.09. The number of aromatic nitrogens is 2. The van der Waals surface area contributed by atoms with E-state index in [2.05, 4.69) is 10.4 Å². The van der Waals surface area contributed by atoms with Crippen LogP contribution in [0.5, 0.6) is 5.75 Å². The summed E-state index contributed by atoms with van der Waals surface area (Å²) in [5.74, 6) is 0.123. The second-order valence-corrected chi connectivity index (χ2v) is 7.50. The molecule has 2 atom stereocenters. The number of hydrogen-bond donors (Lipinski definition) is 1.